The predicted molar refractivity (Wildman–Crippen MR) is 132 cm³/mol. The molecule has 4 rings (SSSR count). The van der Waals surface area contributed by atoms with Crippen molar-refractivity contribution in [1.29, 1.82) is 0 Å². The van der Waals surface area contributed by atoms with Crippen LogP contribution in [0.1, 0.15) is 34.3 Å². The van der Waals surface area contributed by atoms with E-state index < -0.39 is 15.9 Å². The second kappa shape index (κ2) is 9.87. The first-order chi connectivity index (χ1) is 16.2. The van der Waals surface area contributed by atoms with Gasteiger partial charge in [-0.25, -0.2) is 8.42 Å². The number of aryl methyl sites for hydroxylation is 1. The Labute approximate surface area is 203 Å². The van der Waals surface area contributed by atoms with Crippen LogP contribution in [0.15, 0.2) is 71.6 Å². The third-order valence-electron chi connectivity index (χ3n) is 5.36. The maximum absolute atomic E-state index is 12.8. The molecule has 0 heterocycles. The minimum Gasteiger partial charge on any atom is -0.348 e. The number of hydrogen-bond acceptors (Lipinski definition) is 4. The summed E-state index contributed by atoms with van der Waals surface area (Å²) < 4.78 is 28.2. The number of sulfonamides is 1. The fourth-order valence-electron chi connectivity index (χ4n) is 3.39. The first-order valence-electron chi connectivity index (χ1n) is 10.8. The molecule has 3 aromatic carbocycles. The van der Waals surface area contributed by atoms with Crippen molar-refractivity contribution in [3.8, 4) is 0 Å². The van der Waals surface area contributed by atoms with Crippen molar-refractivity contribution in [2.75, 3.05) is 10.0 Å². The normalized spacial score (nSPS) is 13.2. The molecule has 176 valence electrons. The highest BCUT2D eigenvalue weighted by Gasteiger charge is 2.29. The van der Waals surface area contributed by atoms with Crippen molar-refractivity contribution in [3.05, 3.63) is 88.4 Å². The molecule has 3 N–H and O–H groups in total. The fraction of sp³-hybridized carbons (Fsp3) is 0.200. The molecule has 1 aliphatic rings. The van der Waals surface area contributed by atoms with E-state index in [1.807, 2.05) is 19.1 Å². The smallest absolute Gasteiger partial charge is 0.261 e. The van der Waals surface area contributed by atoms with Crippen LogP contribution in [0.2, 0.25) is 5.02 Å². The zero-order chi connectivity index (χ0) is 24.3. The summed E-state index contributed by atoms with van der Waals surface area (Å²) in [6, 6.07) is 18.1. The van der Waals surface area contributed by atoms with Crippen LogP contribution >= 0.6 is 11.6 Å². The van der Waals surface area contributed by atoms with E-state index in [-0.39, 0.29) is 33.9 Å². The van der Waals surface area contributed by atoms with E-state index >= 15 is 0 Å². The maximum Gasteiger partial charge on any atom is 0.261 e. The predicted octanol–water partition coefficient (Wildman–Crippen LogP) is 4.73. The summed E-state index contributed by atoms with van der Waals surface area (Å²) in [6.45, 7) is 2.04. The second-order valence-corrected chi connectivity index (χ2v) is 10.4. The largest absolute Gasteiger partial charge is 0.348 e. The molecule has 0 atom stereocenters. The highest BCUT2D eigenvalue weighted by Crippen LogP contribution is 2.30. The molecule has 7 nitrogen and oxygen atoms in total. The standard InChI is InChI=1S/C25H24ClN3O4S/c1-16-4-2-7-20(12-16)29-34(32,33)21-10-11-23(26)22(14-21)25(31)27-15-17-5-3-6-19(13-17)28-24(30)18-8-9-18/h2-7,10-14,18,29H,8-9,15H2,1H3,(H,27,31)(H,28,30). The Bertz CT molecular complexity index is 1350. The number of carbonyl (C=O) groups excluding carboxylic acids is 2. The van der Waals surface area contributed by atoms with Crippen molar-refractivity contribution < 1.29 is 18.0 Å². The summed E-state index contributed by atoms with van der Waals surface area (Å²) in [7, 11) is -3.92. The van der Waals surface area contributed by atoms with Crippen molar-refractivity contribution in [2.24, 2.45) is 5.92 Å². The lowest BCUT2D eigenvalue weighted by molar-refractivity contribution is -0.117. The number of halogens is 1. The Balaban J connectivity index is 1.45. The Hall–Kier alpha value is -3.36. The van der Waals surface area contributed by atoms with Crippen molar-refractivity contribution in [3.63, 3.8) is 0 Å². The zero-order valence-corrected chi connectivity index (χ0v) is 20.0. The maximum atomic E-state index is 12.8. The molecule has 3 aromatic rings. The molecule has 1 aliphatic carbocycles. The van der Waals surface area contributed by atoms with Gasteiger partial charge in [-0.3, -0.25) is 14.3 Å². The molecule has 0 bridgehead atoms. The van der Waals surface area contributed by atoms with Crippen LogP contribution in [0.4, 0.5) is 11.4 Å². The lowest BCUT2D eigenvalue weighted by Gasteiger charge is -2.12. The van der Waals surface area contributed by atoms with Gasteiger partial charge in [0.1, 0.15) is 0 Å². The molecule has 0 spiro atoms. The lowest BCUT2D eigenvalue weighted by Crippen LogP contribution is -2.24. The summed E-state index contributed by atoms with van der Waals surface area (Å²) in [6.07, 6.45) is 1.83. The third kappa shape index (κ3) is 5.95. The van der Waals surface area contributed by atoms with Crippen LogP contribution in [0.5, 0.6) is 0 Å². The molecule has 0 saturated heterocycles. The Morgan fingerprint density at radius 1 is 0.971 bits per heavy atom. The number of benzene rings is 3. The monoisotopic (exact) mass is 497 g/mol. The number of anilines is 2. The van der Waals surface area contributed by atoms with E-state index in [2.05, 4.69) is 15.4 Å². The van der Waals surface area contributed by atoms with Crippen LogP contribution < -0.4 is 15.4 Å². The molecule has 1 saturated carbocycles. The van der Waals surface area contributed by atoms with E-state index in [0.29, 0.717) is 11.4 Å². The number of carbonyl (C=O) groups is 2. The van der Waals surface area contributed by atoms with Crippen molar-refractivity contribution in [1.82, 2.24) is 5.32 Å². The zero-order valence-electron chi connectivity index (χ0n) is 18.5. The number of rotatable bonds is 8. The van der Waals surface area contributed by atoms with Crippen molar-refractivity contribution >= 4 is 44.8 Å². The van der Waals surface area contributed by atoms with Gasteiger partial charge in [-0.1, -0.05) is 35.9 Å². The van der Waals surface area contributed by atoms with Gasteiger partial charge in [0, 0.05) is 23.8 Å². The summed E-state index contributed by atoms with van der Waals surface area (Å²) in [5.74, 6) is -0.412. The van der Waals surface area contributed by atoms with Gasteiger partial charge in [-0.15, -0.1) is 0 Å². The molecule has 9 heteroatoms. The van der Waals surface area contributed by atoms with E-state index in [1.54, 1.807) is 36.4 Å². The first-order valence-corrected chi connectivity index (χ1v) is 12.6. The molecule has 0 aromatic heterocycles. The average molecular weight is 498 g/mol. The van der Waals surface area contributed by atoms with E-state index in [0.717, 1.165) is 24.0 Å². The topological polar surface area (TPSA) is 104 Å². The summed E-state index contributed by atoms with van der Waals surface area (Å²) in [5.41, 5.74) is 2.83. The van der Waals surface area contributed by atoms with Crippen LogP contribution in [0.3, 0.4) is 0 Å². The van der Waals surface area contributed by atoms with Gasteiger partial charge in [0.15, 0.2) is 0 Å². The molecular weight excluding hydrogens is 474 g/mol. The highest BCUT2D eigenvalue weighted by molar-refractivity contribution is 7.92. The Kier molecular flexibility index (Phi) is 6.90. The fourth-order valence-corrected chi connectivity index (χ4v) is 4.67. The molecule has 1 fully saturated rings. The molecular formula is C25H24ClN3O4S. The highest BCUT2D eigenvalue weighted by atomic mass is 35.5. The van der Waals surface area contributed by atoms with E-state index in [9.17, 15) is 18.0 Å². The van der Waals surface area contributed by atoms with Gasteiger partial charge in [0.2, 0.25) is 5.91 Å². The molecule has 0 radical (unpaired) electrons. The lowest BCUT2D eigenvalue weighted by atomic mass is 10.1. The summed E-state index contributed by atoms with van der Waals surface area (Å²) in [4.78, 5) is 24.7. The first kappa shape index (κ1) is 23.8. The van der Waals surface area contributed by atoms with Crippen LogP contribution in [-0.4, -0.2) is 20.2 Å². The van der Waals surface area contributed by atoms with Crippen LogP contribution in [0.25, 0.3) is 0 Å². The SMILES string of the molecule is Cc1cccc(NS(=O)(=O)c2ccc(Cl)c(C(=O)NCc3cccc(NC(=O)C4CC4)c3)c2)c1. The van der Waals surface area contributed by atoms with Crippen molar-refractivity contribution in [2.45, 2.75) is 31.2 Å². The molecule has 0 unspecified atom stereocenters. The Morgan fingerprint density at radius 2 is 1.71 bits per heavy atom. The van der Waals surface area contributed by atoms with Gasteiger partial charge < -0.3 is 10.6 Å². The van der Waals surface area contributed by atoms with Gasteiger partial charge in [0.25, 0.3) is 15.9 Å². The molecule has 34 heavy (non-hydrogen) atoms. The Morgan fingerprint density at radius 3 is 2.44 bits per heavy atom. The van der Waals surface area contributed by atoms with Gasteiger partial charge in [0.05, 0.1) is 15.5 Å². The molecule has 0 aliphatic heterocycles. The average Bonchev–Trinajstić information content (AvgIpc) is 3.63. The van der Waals surface area contributed by atoms with E-state index in [4.69, 9.17) is 11.6 Å². The second-order valence-electron chi connectivity index (χ2n) is 8.26. The number of nitrogens with one attached hydrogen (secondary N) is 3. The number of amides is 2. The van der Waals surface area contributed by atoms with Crippen LogP contribution in [-0.2, 0) is 21.4 Å². The minimum absolute atomic E-state index is 0.00487. The number of hydrogen-bond donors (Lipinski definition) is 3. The van der Waals surface area contributed by atoms with E-state index in [1.165, 1.54) is 18.2 Å². The van der Waals surface area contributed by atoms with Gasteiger partial charge in [-0.05, 0) is 73.4 Å². The van der Waals surface area contributed by atoms with Crippen LogP contribution in [0, 0.1) is 12.8 Å². The van der Waals surface area contributed by atoms with Gasteiger partial charge >= 0.3 is 0 Å². The minimum atomic E-state index is -3.92. The third-order valence-corrected chi connectivity index (χ3v) is 7.07. The summed E-state index contributed by atoms with van der Waals surface area (Å²) >= 11 is 6.20. The summed E-state index contributed by atoms with van der Waals surface area (Å²) in [5, 5.41) is 5.77. The quantitative estimate of drug-likeness (QED) is 0.418. The molecule has 2 amide bonds. The van der Waals surface area contributed by atoms with Gasteiger partial charge in [-0.2, -0.15) is 0 Å².